The van der Waals surface area contributed by atoms with E-state index in [9.17, 15) is 14.4 Å². The molecule has 31 heavy (non-hydrogen) atoms. The number of halogens is 1. The van der Waals surface area contributed by atoms with E-state index in [1.807, 2.05) is 25.1 Å². The molecule has 4 rings (SSSR count). The second-order valence-corrected chi connectivity index (χ2v) is 8.77. The van der Waals surface area contributed by atoms with Crippen LogP contribution in [0.4, 0.5) is 0 Å². The van der Waals surface area contributed by atoms with Crippen LogP contribution in [0, 0.1) is 0 Å². The molecular formula is C22H19ClN2O5S. The summed E-state index contributed by atoms with van der Waals surface area (Å²) in [5.74, 6) is -0.856. The van der Waals surface area contributed by atoms with Crippen LogP contribution in [0.5, 0.6) is 0 Å². The third-order valence-electron chi connectivity index (χ3n) is 5.00. The molecule has 0 unspecified atom stereocenters. The zero-order chi connectivity index (χ0) is 22.1. The molecule has 0 bridgehead atoms. The molecular weight excluding hydrogens is 440 g/mol. The quantitative estimate of drug-likeness (QED) is 0.425. The van der Waals surface area contributed by atoms with Crippen LogP contribution in [0.15, 0.2) is 52.4 Å². The number of hydrogen-bond donors (Lipinski definition) is 0. The van der Waals surface area contributed by atoms with Crippen molar-refractivity contribution in [1.29, 1.82) is 0 Å². The van der Waals surface area contributed by atoms with E-state index in [0.717, 1.165) is 5.56 Å². The Labute approximate surface area is 187 Å². The molecule has 7 nitrogen and oxygen atoms in total. The zero-order valence-corrected chi connectivity index (χ0v) is 18.4. The summed E-state index contributed by atoms with van der Waals surface area (Å²) in [7, 11) is 1.29. The number of benzene rings is 2. The van der Waals surface area contributed by atoms with E-state index in [2.05, 4.69) is 4.98 Å². The number of ether oxygens (including phenoxy) is 2. The van der Waals surface area contributed by atoms with Crippen molar-refractivity contribution in [1.82, 2.24) is 9.55 Å². The molecule has 0 N–H and O–H groups in total. The number of thioether (sulfide) groups is 1. The summed E-state index contributed by atoms with van der Waals surface area (Å²) >= 11 is 7.50. The molecule has 1 aliphatic heterocycles. The first-order chi connectivity index (χ1) is 14.9. The molecule has 9 heteroatoms. The molecule has 0 amide bonds. The van der Waals surface area contributed by atoms with Crippen LogP contribution >= 0.6 is 23.4 Å². The summed E-state index contributed by atoms with van der Waals surface area (Å²) in [6.45, 7) is 2.02. The molecule has 0 radical (unpaired) electrons. The smallest absolute Gasteiger partial charge is 0.337 e. The van der Waals surface area contributed by atoms with Gasteiger partial charge in [0, 0.05) is 11.4 Å². The van der Waals surface area contributed by atoms with E-state index in [1.165, 1.54) is 35.6 Å². The molecule has 2 heterocycles. The van der Waals surface area contributed by atoms with Gasteiger partial charge in [-0.3, -0.25) is 14.2 Å². The van der Waals surface area contributed by atoms with E-state index in [1.54, 1.807) is 12.1 Å². The Bertz CT molecular complexity index is 1240. The topological polar surface area (TPSA) is 87.5 Å². The number of fused-ring (bicyclic) bond motifs is 1. The van der Waals surface area contributed by atoms with Crippen LogP contribution in [-0.4, -0.2) is 40.0 Å². The summed E-state index contributed by atoms with van der Waals surface area (Å²) in [5.41, 5.74) is 1.10. The lowest BCUT2D eigenvalue weighted by Crippen LogP contribution is -2.25. The van der Waals surface area contributed by atoms with Gasteiger partial charge in [-0.1, -0.05) is 41.6 Å². The van der Waals surface area contributed by atoms with E-state index in [4.69, 9.17) is 21.1 Å². The van der Waals surface area contributed by atoms with Gasteiger partial charge in [0.1, 0.15) is 11.4 Å². The molecule has 1 fully saturated rings. The van der Waals surface area contributed by atoms with Crippen molar-refractivity contribution in [3.05, 3.63) is 69.0 Å². The minimum absolute atomic E-state index is 0.194. The van der Waals surface area contributed by atoms with Crippen molar-refractivity contribution < 1.29 is 19.1 Å². The molecule has 0 saturated carbocycles. The van der Waals surface area contributed by atoms with Crippen LogP contribution in [0.2, 0.25) is 5.02 Å². The van der Waals surface area contributed by atoms with Crippen LogP contribution in [0.25, 0.3) is 10.9 Å². The number of cyclic esters (lactones) is 1. The molecule has 1 aromatic heterocycles. The Hall–Kier alpha value is -2.84. The molecule has 2 atom stereocenters. The third-order valence-corrected chi connectivity index (χ3v) is 6.56. The van der Waals surface area contributed by atoms with Gasteiger partial charge in [0.25, 0.3) is 5.56 Å². The second kappa shape index (κ2) is 8.72. The Kier molecular flexibility index (Phi) is 6.02. The van der Waals surface area contributed by atoms with Gasteiger partial charge in [0.15, 0.2) is 5.16 Å². The van der Waals surface area contributed by atoms with Crippen molar-refractivity contribution in [3.8, 4) is 0 Å². The van der Waals surface area contributed by atoms with Gasteiger partial charge in [-0.05, 0) is 36.8 Å². The van der Waals surface area contributed by atoms with E-state index < -0.39 is 11.2 Å². The second-order valence-electron chi connectivity index (χ2n) is 7.19. The van der Waals surface area contributed by atoms with Crippen molar-refractivity contribution in [3.63, 3.8) is 0 Å². The monoisotopic (exact) mass is 458 g/mol. The summed E-state index contributed by atoms with van der Waals surface area (Å²) in [6, 6.07) is 11.8. The van der Waals surface area contributed by atoms with Gasteiger partial charge in [-0.15, -0.1) is 0 Å². The SMILES string of the molecule is COC(=O)c1ccc2c(=O)n(Cc3ccccc3Cl)c(S[C@@H]3C[C@H](C)OC3=O)nc2c1. The fourth-order valence-electron chi connectivity index (χ4n) is 3.42. The van der Waals surface area contributed by atoms with E-state index in [0.29, 0.717) is 27.5 Å². The summed E-state index contributed by atoms with van der Waals surface area (Å²) < 4.78 is 11.5. The van der Waals surface area contributed by atoms with Crippen molar-refractivity contribution in [2.24, 2.45) is 0 Å². The molecule has 0 aliphatic carbocycles. The molecule has 0 spiro atoms. The van der Waals surface area contributed by atoms with Crippen LogP contribution in [0.3, 0.4) is 0 Å². The highest BCUT2D eigenvalue weighted by Crippen LogP contribution is 2.32. The highest BCUT2D eigenvalue weighted by atomic mass is 35.5. The predicted molar refractivity (Wildman–Crippen MR) is 118 cm³/mol. The van der Waals surface area contributed by atoms with Gasteiger partial charge in [-0.2, -0.15) is 0 Å². The summed E-state index contributed by atoms with van der Waals surface area (Å²) in [4.78, 5) is 42.1. The lowest BCUT2D eigenvalue weighted by Gasteiger charge is -2.15. The van der Waals surface area contributed by atoms with Crippen molar-refractivity contribution in [2.75, 3.05) is 7.11 Å². The first kappa shape index (κ1) is 21.4. The molecule has 1 saturated heterocycles. The molecule has 1 aliphatic rings. The van der Waals surface area contributed by atoms with Crippen molar-refractivity contribution in [2.45, 2.75) is 36.4 Å². The van der Waals surface area contributed by atoms with Gasteiger partial charge < -0.3 is 9.47 Å². The van der Waals surface area contributed by atoms with E-state index >= 15 is 0 Å². The average molecular weight is 459 g/mol. The van der Waals surface area contributed by atoms with Gasteiger partial charge in [-0.25, -0.2) is 9.78 Å². The number of nitrogens with zero attached hydrogens (tertiary/aromatic N) is 2. The molecule has 3 aromatic rings. The van der Waals surface area contributed by atoms with Crippen LogP contribution in [-0.2, 0) is 20.8 Å². The first-order valence-corrected chi connectivity index (χ1v) is 10.9. The maximum absolute atomic E-state index is 13.4. The Balaban J connectivity index is 1.85. The summed E-state index contributed by atoms with van der Waals surface area (Å²) in [5, 5.41) is 0.767. The predicted octanol–water partition coefficient (Wildman–Crippen LogP) is 3.68. The molecule has 160 valence electrons. The number of esters is 2. The number of rotatable bonds is 5. The third kappa shape index (κ3) is 4.31. The fourth-order valence-corrected chi connectivity index (χ4v) is 4.81. The van der Waals surface area contributed by atoms with Gasteiger partial charge in [0.2, 0.25) is 0 Å². The zero-order valence-electron chi connectivity index (χ0n) is 16.8. The Morgan fingerprint density at radius 3 is 2.74 bits per heavy atom. The van der Waals surface area contributed by atoms with E-state index in [-0.39, 0.29) is 29.7 Å². The number of aromatic nitrogens is 2. The fraction of sp³-hybridized carbons (Fsp3) is 0.273. The maximum atomic E-state index is 13.4. The normalized spacial score (nSPS) is 18.2. The highest BCUT2D eigenvalue weighted by Gasteiger charge is 2.34. The van der Waals surface area contributed by atoms with Crippen LogP contribution in [0.1, 0.15) is 29.3 Å². The van der Waals surface area contributed by atoms with Crippen molar-refractivity contribution >= 4 is 46.2 Å². The first-order valence-electron chi connectivity index (χ1n) is 9.61. The highest BCUT2D eigenvalue weighted by molar-refractivity contribution is 8.00. The maximum Gasteiger partial charge on any atom is 0.337 e. The summed E-state index contributed by atoms with van der Waals surface area (Å²) in [6.07, 6.45) is 0.325. The molecule has 2 aromatic carbocycles. The minimum Gasteiger partial charge on any atom is -0.465 e. The van der Waals surface area contributed by atoms with Gasteiger partial charge >= 0.3 is 11.9 Å². The average Bonchev–Trinajstić information content (AvgIpc) is 3.07. The number of carbonyl (C=O) groups excluding carboxylic acids is 2. The Morgan fingerprint density at radius 2 is 2.06 bits per heavy atom. The standard InChI is InChI=1S/C22H19ClN2O5S/c1-12-9-18(21(28)30-12)31-22-24-17-10-13(20(27)29-2)7-8-15(17)19(26)25(22)11-14-5-3-4-6-16(14)23/h3-8,10,12,18H,9,11H2,1-2H3/t12-,18+/m0/s1. The van der Waals surface area contributed by atoms with Crippen LogP contribution < -0.4 is 5.56 Å². The van der Waals surface area contributed by atoms with Gasteiger partial charge in [0.05, 0.1) is 30.1 Å². The largest absolute Gasteiger partial charge is 0.465 e. The minimum atomic E-state index is -0.522. The number of methoxy groups -OCH3 is 1. The Morgan fingerprint density at radius 1 is 1.29 bits per heavy atom. The number of carbonyl (C=O) groups is 2. The lowest BCUT2D eigenvalue weighted by atomic mass is 10.1. The lowest BCUT2D eigenvalue weighted by molar-refractivity contribution is -0.140. The number of hydrogen-bond acceptors (Lipinski definition) is 7.